The Morgan fingerprint density at radius 3 is 2.83 bits per heavy atom. The van der Waals surface area contributed by atoms with Crippen LogP contribution < -0.4 is 5.32 Å². The molecule has 0 spiro atoms. The van der Waals surface area contributed by atoms with Gasteiger partial charge in [-0.15, -0.1) is 0 Å². The summed E-state index contributed by atoms with van der Waals surface area (Å²) in [6.07, 6.45) is 4.48. The number of hydrogen-bond donors (Lipinski definition) is 3. The van der Waals surface area contributed by atoms with Gasteiger partial charge in [0.2, 0.25) is 0 Å². The maximum absolute atomic E-state index is 13.0. The number of nitrogens with zero attached hydrogens (tertiary/aromatic N) is 3. The van der Waals surface area contributed by atoms with Gasteiger partial charge in [-0.05, 0) is 24.3 Å². The predicted molar refractivity (Wildman–Crippen MR) is 83.9 cm³/mol. The third-order valence-electron chi connectivity index (χ3n) is 3.66. The molecule has 2 heterocycles. The van der Waals surface area contributed by atoms with Crippen LogP contribution in [0.3, 0.4) is 0 Å². The number of nitrogens with one attached hydrogen (secondary N) is 2. The van der Waals surface area contributed by atoms with Gasteiger partial charge in [-0.25, -0.2) is 9.37 Å². The number of rotatable bonds is 6. The average Bonchev–Trinajstić information content (AvgIpc) is 3.17. The lowest BCUT2D eigenvalue weighted by atomic mass is 10.1. The Morgan fingerprint density at radius 1 is 1.35 bits per heavy atom. The lowest BCUT2D eigenvalue weighted by Gasteiger charge is -2.12. The average molecular weight is 315 g/mol. The molecule has 0 fully saturated rings. The van der Waals surface area contributed by atoms with E-state index in [9.17, 15) is 9.50 Å². The zero-order valence-electron chi connectivity index (χ0n) is 12.7. The summed E-state index contributed by atoms with van der Waals surface area (Å²) in [6.45, 7) is 0.906. The van der Waals surface area contributed by atoms with Crippen LogP contribution in [0.25, 0.3) is 11.3 Å². The van der Waals surface area contributed by atoms with Crippen molar-refractivity contribution in [2.75, 3.05) is 6.54 Å². The van der Waals surface area contributed by atoms with Gasteiger partial charge >= 0.3 is 0 Å². The number of aromatic amines is 1. The van der Waals surface area contributed by atoms with Gasteiger partial charge in [-0.2, -0.15) is 5.10 Å². The highest BCUT2D eigenvalue weighted by atomic mass is 19.1. The zero-order valence-corrected chi connectivity index (χ0v) is 12.7. The first-order valence-corrected chi connectivity index (χ1v) is 7.29. The van der Waals surface area contributed by atoms with Crippen molar-refractivity contribution in [3.8, 4) is 11.3 Å². The molecule has 2 aromatic heterocycles. The Labute approximate surface area is 133 Å². The number of aliphatic hydroxyl groups is 1. The zero-order chi connectivity index (χ0) is 16.2. The summed E-state index contributed by atoms with van der Waals surface area (Å²) in [5.74, 6) is 0.342. The number of aromatic nitrogens is 4. The van der Waals surface area contributed by atoms with E-state index < -0.39 is 6.10 Å². The molecule has 0 aliphatic heterocycles. The van der Waals surface area contributed by atoms with Gasteiger partial charge in [-0.1, -0.05) is 0 Å². The van der Waals surface area contributed by atoms with E-state index in [1.165, 1.54) is 12.1 Å². The summed E-state index contributed by atoms with van der Waals surface area (Å²) in [5, 5.41) is 20.3. The van der Waals surface area contributed by atoms with Crippen molar-refractivity contribution < 1.29 is 9.50 Å². The van der Waals surface area contributed by atoms with Crippen molar-refractivity contribution in [2.45, 2.75) is 12.6 Å². The highest BCUT2D eigenvalue weighted by Crippen LogP contribution is 2.21. The fourth-order valence-corrected chi connectivity index (χ4v) is 2.44. The third kappa shape index (κ3) is 3.46. The number of imidazole rings is 1. The number of aliphatic hydroxyl groups excluding tert-OH is 1. The molecule has 23 heavy (non-hydrogen) atoms. The molecule has 6 nitrogen and oxygen atoms in total. The van der Waals surface area contributed by atoms with Crippen molar-refractivity contribution >= 4 is 0 Å². The monoisotopic (exact) mass is 315 g/mol. The SMILES string of the molecule is Cn1ccnc1[C@@H](O)CNCc1cn[nH]c1-c1ccc(F)cc1. The number of aryl methyl sites for hydroxylation is 1. The molecule has 0 unspecified atom stereocenters. The summed E-state index contributed by atoms with van der Waals surface area (Å²) in [4.78, 5) is 4.12. The molecule has 0 aliphatic rings. The molecule has 0 saturated carbocycles. The minimum absolute atomic E-state index is 0.272. The van der Waals surface area contributed by atoms with Crippen LogP contribution in [-0.2, 0) is 13.6 Å². The van der Waals surface area contributed by atoms with Gasteiger partial charge in [0.1, 0.15) is 17.7 Å². The molecular formula is C16H18FN5O. The smallest absolute Gasteiger partial charge is 0.138 e. The second kappa shape index (κ2) is 6.72. The van der Waals surface area contributed by atoms with Crippen LogP contribution in [-0.4, -0.2) is 31.4 Å². The third-order valence-corrected chi connectivity index (χ3v) is 3.66. The predicted octanol–water partition coefficient (Wildman–Crippen LogP) is 1.77. The van der Waals surface area contributed by atoms with Crippen LogP contribution in [0.5, 0.6) is 0 Å². The molecule has 120 valence electrons. The second-order valence-corrected chi connectivity index (χ2v) is 5.32. The van der Waals surface area contributed by atoms with E-state index in [1.54, 1.807) is 35.3 Å². The molecule has 7 heteroatoms. The molecule has 3 N–H and O–H groups in total. The van der Waals surface area contributed by atoms with Crippen LogP contribution in [0.15, 0.2) is 42.9 Å². The number of benzene rings is 1. The Kier molecular flexibility index (Phi) is 4.50. The number of halogens is 1. The molecule has 3 aromatic rings. The van der Waals surface area contributed by atoms with Gasteiger partial charge in [0.25, 0.3) is 0 Å². The molecule has 0 amide bonds. The van der Waals surface area contributed by atoms with Crippen LogP contribution in [0.1, 0.15) is 17.5 Å². The Balaban J connectivity index is 1.62. The summed E-state index contributed by atoms with van der Waals surface area (Å²) < 4.78 is 14.8. The summed E-state index contributed by atoms with van der Waals surface area (Å²) in [6, 6.07) is 6.24. The van der Waals surface area contributed by atoms with Gasteiger partial charge < -0.3 is 15.0 Å². The van der Waals surface area contributed by atoms with Crippen molar-refractivity contribution in [1.82, 2.24) is 25.1 Å². The fourth-order valence-electron chi connectivity index (χ4n) is 2.44. The lowest BCUT2D eigenvalue weighted by Crippen LogP contribution is -2.23. The summed E-state index contributed by atoms with van der Waals surface area (Å²) >= 11 is 0. The Morgan fingerprint density at radius 2 is 2.13 bits per heavy atom. The van der Waals surface area contributed by atoms with E-state index in [-0.39, 0.29) is 5.82 Å². The van der Waals surface area contributed by atoms with E-state index in [1.807, 2.05) is 7.05 Å². The molecule has 3 rings (SSSR count). The summed E-state index contributed by atoms with van der Waals surface area (Å²) in [5.41, 5.74) is 2.65. The van der Waals surface area contributed by atoms with Crippen LogP contribution in [0.4, 0.5) is 4.39 Å². The van der Waals surface area contributed by atoms with E-state index in [4.69, 9.17) is 0 Å². The van der Waals surface area contributed by atoms with Gasteiger partial charge in [0.05, 0.1) is 11.9 Å². The normalized spacial score (nSPS) is 12.5. The second-order valence-electron chi connectivity index (χ2n) is 5.32. The van der Waals surface area contributed by atoms with E-state index in [0.717, 1.165) is 16.8 Å². The molecule has 1 aromatic carbocycles. The first-order valence-electron chi connectivity index (χ1n) is 7.29. The lowest BCUT2D eigenvalue weighted by molar-refractivity contribution is 0.161. The fraction of sp³-hybridized carbons (Fsp3) is 0.250. The molecule has 1 atom stereocenters. The maximum atomic E-state index is 13.0. The minimum atomic E-state index is -0.684. The number of hydrogen-bond acceptors (Lipinski definition) is 4. The summed E-state index contributed by atoms with van der Waals surface area (Å²) in [7, 11) is 1.84. The van der Waals surface area contributed by atoms with Gasteiger partial charge in [0.15, 0.2) is 0 Å². The molecule has 0 bridgehead atoms. The van der Waals surface area contributed by atoms with Gasteiger partial charge in [-0.3, -0.25) is 5.10 Å². The van der Waals surface area contributed by atoms with Crippen LogP contribution >= 0.6 is 0 Å². The van der Waals surface area contributed by atoms with E-state index >= 15 is 0 Å². The quantitative estimate of drug-likeness (QED) is 0.648. The van der Waals surface area contributed by atoms with Gasteiger partial charge in [0, 0.05) is 43.7 Å². The molecule has 0 saturated heterocycles. The minimum Gasteiger partial charge on any atom is -0.384 e. The standard InChI is InChI=1S/C16H18FN5O/c1-22-7-6-19-16(22)14(23)10-18-8-12-9-20-21-15(12)11-2-4-13(17)5-3-11/h2-7,9,14,18,23H,8,10H2,1H3,(H,20,21)/t14-/m0/s1. The number of H-pyrrole nitrogens is 1. The molecular weight excluding hydrogens is 297 g/mol. The van der Waals surface area contributed by atoms with Crippen LogP contribution in [0, 0.1) is 5.82 Å². The Hall–Kier alpha value is -2.51. The molecule has 0 aliphatic carbocycles. The topological polar surface area (TPSA) is 78.8 Å². The van der Waals surface area contributed by atoms with Crippen molar-refractivity contribution in [1.29, 1.82) is 0 Å². The maximum Gasteiger partial charge on any atom is 0.138 e. The Bertz CT molecular complexity index is 765. The van der Waals surface area contributed by atoms with Crippen molar-refractivity contribution in [3.05, 3.63) is 60.1 Å². The highest BCUT2D eigenvalue weighted by Gasteiger charge is 2.13. The van der Waals surface area contributed by atoms with Crippen LogP contribution in [0.2, 0.25) is 0 Å². The largest absolute Gasteiger partial charge is 0.384 e. The van der Waals surface area contributed by atoms with Crippen molar-refractivity contribution in [3.63, 3.8) is 0 Å². The highest BCUT2D eigenvalue weighted by molar-refractivity contribution is 5.62. The van der Waals surface area contributed by atoms with Crippen molar-refractivity contribution in [2.24, 2.45) is 7.05 Å². The molecule has 0 radical (unpaired) electrons. The first-order chi connectivity index (χ1) is 11.1. The van der Waals surface area contributed by atoms with E-state index in [2.05, 4.69) is 20.5 Å². The van der Waals surface area contributed by atoms with E-state index in [0.29, 0.717) is 18.9 Å². The first kappa shape index (κ1) is 15.4.